The molecular formula is C13H18O4. The maximum Gasteiger partial charge on any atom is 0.344 e. The Bertz CT molecular complexity index is 387. The molecule has 4 nitrogen and oxygen atoms in total. The minimum Gasteiger partial charge on any atom is -0.493 e. The summed E-state index contributed by atoms with van der Waals surface area (Å²) in [6.07, 6.45) is 0.411. The van der Waals surface area contributed by atoms with Crippen LogP contribution in [0, 0.1) is 6.92 Å². The number of hydrogen-bond acceptors (Lipinski definition) is 3. The molecule has 0 aromatic heterocycles. The summed E-state index contributed by atoms with van der Waals surface area (Å²) in [5.41, 5.74) is 1.04. The van der Waals surface area contributed by atoms with Crippen LogP contribution in [0.15, 0.2) is 18.2 Å². The molecule has 1 rings (SSSR count). The number of rotatable bonds is 6. The van der Waals surface area contributed by atoms with E-state index in [4.69, 9.17) is 14.6 Å². The first-order chi connectivity index (χ1) is 8.08. The lowest BCUT2D eigenvalue weighted by Gasteiger charge is -2.16. The third-order valence-electron chi connectivity index (χ3n) is 2.41. The molecule has 1 aromatic carbocycles. The molecule has 0 spiro atoms. The molecule has 94 valence electrons. The van der Waals surface area contributed by atoms with Gasteiger partial charge in [-0.1, -0.05) is 19.4 Å². The van der Waals surface area contributed by atoms with Crippen LogP contribution in [-0.4, -0.2) is 24.3 Å². The molecule has 1 aromatic rings. The maximum atomic E-state index is 11.0. The van der Waals surface area contributed by atoms with Gasteiger partial charge in [0.05, 0.1) is 7.11 Å². The summed E-state index contributed by atoms with van der Waals surface area (Å²) in [7, 11) is 1.54. The standard InChI is InChI=1S/C13H18O4/c1-4-5-11(13(14)15)17-10-7-6-9(2)8-12(10)16-3/h6-8,11H,4-5H2,1-3H3,(H,14,15). The average Bonchev–Trinajstić information content (AvgIpc) is 2.30. The Morgan fingerprint density at radius 2 is 2.12 bits per heavy atom. The Kier molecular flexibility index (Phi) is 4.82. The van der Waals surface area contributed by atoms with E-state index >= 15 is 0 Å². The fourth-order valence-corrected chi connectivity index (χ4v) is 1.52. The second-order valence-corrected chi connectivity index (χ2v) is 3.89. The first-order valence-electron chi connectivity index (χ1n) is 5.62. The number of carboxylic acid groups (broad SMARTS) is 1. The van der Waals surface area contributed by atoms with E-state index in [0.717, 1.165) is 12.0 Å². The number of methoxy groups -OCH3 is 1. The summed E-state index contributed by atoms with van der Waals surface area (Å²) in [5.74, 6) is 0.0841. The molecule has 0 bridgehead atoms. The van der Waals surface area contributed by atoms with E-state index in [1.165, 1.54) is 7.11 Å². The zero-order valence-corrected chi connectivity index (χ0v) is 10.4. The molecule has 1 unspecified atom stereocenters. The van der Waals surface area contributed by atoms with Gasteiger partial charge in [-0.05, 0) is 31.0 Å². The molecule has 1 N–H and O–H groups in total. The van der Waals surface area contributed by atoms with E-state index in [0.29, 0.717) is 17.9 Å². The molecule has 0 saturated carbocycles. The largest absolute Gasteiger partial charge is 0.493 e. The first-order valence-corrected chi connectivity index (χ1v) is 5.62. The van der Waals surface area contributed by atoms with Crippen LogP contribution in [0.1, 0.15) is 25.3 Å². The number of aryl methyl sites for hydroxylation is 1. The minimum absolute atomic E-state index is 0.471. The second-order valence-electron chi connectivity index (χ2n) is 3.89. The van der Waals surface area contributed by atoms with E-state index in [9.17, 15) is 4.79 Å². The maximum absolute atomic E-state index is 11.0. The van der Waals surface area contributed by atoms with Gasteiger partial charge in [-0.3, -0.25) is 0 Å². The molecule has 0 fully saturated rings. The lowest BCUT2D eigenvalue weighted by molar-refractivity contribution is -0.145. The van der Waals surface area contributed by atoms with E-state index in [2.05, 4.69) is 0 Å². The van der Waals surface area contributed by atoms with Crippen LogP contribution in [0.5, 0.6) is 11.5 Å². The number of hydrogen-bond donors (Lipinski definition) is 1. The molecule has 0 aliphatic rings. The molecule has 0 heterocycles. The van der Waals surface area contributed by atoms with Crippen LogP contribution in [0.4, 0.5) is 0 Å². The topological polar surface area (TPSA) is 55.8 Å². The minimum atomic E-state index is -0.950. The number of carbonyl (C=O) groups is 1. The summed E-state index contributed by atoms with van der Waals surface area (Å²) in [6, 6.07) is 5.42. The van der Waals surface area contributed by atoms with Crippen molar-refractivity contribution in [1.29, 1.82) is 0 Å². The Hall–Kier alpha value is -1.71. The lowest BCUT2D eigenvalue weighted by Crippen LogP contribution is -2.26. The smallest absolute Gasteiger partial charge is 0.344 e. The highest BCUT2D eigenvalue weighted by Crippen LogP contribution is 2.29. The molecule has 0 aliphatic carbocycles. The number of carboxylic acids is 1. The van der Waals surface area contributed by atoms with Gasteiger partial charge in [0.2, 0.25) is 0 Å². The van der Waals surface area contributed by atoms with Crippen molar-refractivity contribution >= 4 is 5.97 Å². The fraction of sp³-hybridized carbons (Fsp3) is 0.462. The van der Waals surface area contributed by atoms with Crippen molar-refractivity contribution < 1.29 is 19.4 Å². The van der Waals surface area contributed by atoms with E-state index < -0.39 is 12.1 Å². The summed E-state index contributed by atoms with van der Waals surface area (Å²) < 4.78 is 10.6. The third kappa shape index (κ3) is 3.66. The van der Waals surface area contributed by atoms with Crippen LogP contribution in [0.3, 0.4) is 0 Å². The van der Waals surface area contributed by atoms with Crippen LogP contribution in [-0.2, 0) is 4.79 Å². The van der Waals surface area contributed by atoms with Gasteiger partial charge in [-0.25, -0.2) is 4.79 Å². The van der Waals surface area contributed by atoms with Crippen molar-refractivity contribution in [2.45, 2.75) is 32.8 Å². The van der Waals surface area contributed by atoms with Crippen molar-refractivity contribution in [2.24, 2.45) is 0 Å². The zero-order chi connectivity index (χ0) is 12.8. The van der Waals surface area contributed by atoms with Gasteiger partial charge < -0.3 is 14.6 Å². The summed E-state index contributed by atoms with van der Waals surface area (Å²) in [4.78, 5) is 11.0. The van der Waals surface area contributed by atoms with Crippen molar-refractivity contribution in [3.05, 3.63) is 23.8 Å². The van der Waals surface area contributed by atoms with E-state index in [1.807, 2.05) is 26.0 Å². The first kappa shape index (κ1) is 13.4. The van der Waals surface area contributed by atoms with Crippen molar-refractivity contribution in [3.8, 4) is 11.5 Å². The highest BCUT2D eigenvalue weighted by Gasteiger charge is 2.19. The van der Waals surface area contributed by atoms with Crippen LogP contribution >= 0.6 is 0 Å². The van der Waals surface area contributed by atoms with Crippen molar-refractivity contribution in [3.63, 3.8) is 0 Å². The Morgan fingerprint density at radius 3 is 2.65 bits per heavy atom. The van der Waals surface area contributed by atoms with Gasteiger partial charge in [-0.15, -0.1) is 0 Å². The molecule has 4 heteroatoms. The zero-order valence-electron chi connectivity index (χ0n) is 10.4. The van der Waals surface area contributed by atoms with Crippen molar-refractivity contribution in [1.82, 2.24) is 0 Å². The molecule has 1 atom stereocenters. The van der Waals surface area contributed by atoms with Gasteiger partial charge >= 0.3 is 5.97 Å². The fourth-order valence-electron chi connectivity index (χ4n) is 1.52. The Morgan fingerprint density at radius 1 is 1.41 bits per heavy atom. The number of aliphatic carboxylic acids is 1. The monoisotopic (exact) mass is 238 g/mol. The molecule has 0 amide bonds. The number of benzene rings is 1. The van der Waals surface area contributed by atoms with E-state index in [-0.39, 0.29) is 0 Å². The van der Waals surface area contributed by atoms with Crippen LogP contribution in [0.25, 0.3) is 0 Å². The Labute approximate surface area is 101 Å². The van der Waals surface area contributed by atoms with Crippen LogP contribution in [0.2, 0.25) is 0 Å². The molecule has 0 radical (unpaired) electrons. The van der Waals surface area contributed by atoms with Gasteiger partial charge in [0.1, 0.15) is 0 Å². The van der Waals surface area contributed by atoms with Gasteiger partial charge in [-0.2, -0.15) is 0 Å². The normalized spacial score (nSPS) is 11.9. The van der Waals surface area contributed by atoms with Gasteiger partial charge in [0.25, 0.3) is 0 Å². The predicted molar refractivity (Wildman–Crippen MR) is 64.7 cm³/mol. The number of ether oxygens (including phenoxy) is 2. The average molecular weight is 238 g/mol. The SMILES string of the molecule is CCCC(Oc1ccc(C)cc1OC)C(=O)O. The molecule has 0 aliphatic heterocycles. The van der Waals surface area contributed by atoms with Crippen molar-refractivity contribution in [2.75, 3.05) is 7.11 Å². The van der Waals surface area contributed by atoms with Gasteiger partial charge in [0, 0.05) is 0 Å². The second kappa shape index (κ2) is 6.13. The van der Waals surface area contributed by atoms with E-state index in [1.54, 1.807) is 6.07 Å². The Balaban J connectivity index is 2.88. The van der Waals surface area contributed by atoms with Gasteiger partial charge in [0.15, 0.2) is 17.6 Å². The van der Waals surface area contributed by atoms with Crippen LogP contribution < -0.4 is 9.47 Å². The summed E-state index contributed by atoms with van der Waals surface area (Å²) >= 11 is 0. The highest BCUT2D eigenvalue weighted by molar-refractivity contribution is 5.72. The quantitative estimate of drug-likeness (QED) is 0.827. The third-order valence-corrected chi connectivity index (χ3v) is 2.41. The lowest BCUT2D eigenvalue weighted by atomic mass is 10.2. The summed E-state index contributed by atoms with van der Waals surface area (Å²) in [6.45, 7) is 3.86. The summed E-state index contributed by atoms with van der Waals surface area (Å²) in [5, 5.41) is 9.02. The highest BCUT2D eigenvalue weighted by atomic mass is 16.5. The molecule has 0 saturated heterocycles. The molecular weight excluding hydrogens is 220 g/mol. The molecule has 17 heavy (non-hydrogen) atoms. The predicted octanol–water partition coefficient (Wildman–Crippen LogP) is 2.64.